The van der Waals surface area contributed by atoms with E-state index in [4.69, 9.17) is 16.3 Å². The van der Waals surface area contributed by atoms with Gasteiger partial charge in [-0.05, 0) is 73.6 Å². The Morgan fingerprint density at radius 2 is 2.03 bits per heavy atom. The number of benzene rings is 1. The van der Waals surface area contributed by atoms with E-state index in [0.29, 0.717) is 23.3 Å². The molecule has 2 unspecified atom stereocenters. The zero-order chi connectivity index (χ0) is 25.4. The van der Waals surface area contributed by atoms with E-state index in [1.165, 1.54) is 11.6 Å². The molecule has 2 aliphatic rings. The molecule has 1 aromatic carbocycles. The predicted octanol–water partition coefficient (Wildman–Crippen LogP) is 5.75. The summed E-state index contributed by atoms with van der Waals surface area (Å²) < 4.78 is 5.86. The molecule has 37 heavy (non-hydrogen) atoms. The zero-order valence-electron chi connectivity index (χ0n) is 20.2. The molecule has 3 aromatic heterocycles. The van der Waals surface area contributed by atoms with Crippen LogP contribution in [0.4, 0.5) is 11.5 Å². The Kier molecular flexibility index (Phi) is 6.26. The number of aromatic nitrogens is 4. The van der Waals surface area contributed by atoms with E-state index in [0.717, 1.165) is 53.9 Å². The van der Waals surface area contributed by atoms with Crippen LogP contribution in [-0.2, 0) is 11.4 Å². The average Bonchev–Trinajstić information content (AvgIpc) is 3.47. The van der Waals surface area contributed by atoms with Crippen LogP contribution in [-0.4, -0.2) is 42.8 Å². The van der Waals surface area contributed by atoms with Gasteiger partial charge in [-0.3, -0.25) is 9.78 Å². The van der Waals surface area contributed by atoms with Crippen LogP contribution in [0.15, 0.2) is 67.8 Å². The highest BCUT2D eigenvalue weighted by atomic mass is 35.5. The maximum Gasteiger partial charge on any atom is 0.246 e. The first kappa shape index (κ1) is 23.5. The largest absolute Gasteiger partial charge is 0.486 e. The van der Waals surface area contributed by atoms with Crippen LogP contribution in [0.3, 0.4) is 0 Å². The molecule has 8 nitrogen and oxygen atoms in total. The standard InChI is InChI=1S/C28H27ClN6O2/c1-2-25(36)35-20-7-8-21(35)12-17(11-20)22-14-31-27-26(22)28(33-16-32-27)34-18-6-9-24(23(29)13-18)37-15-19-5-3-4-10-30-19/h2-6,9-10,13-14,16-17,20-21H,1,7-8,11-12,15H2,(H2,31,32,33,34). The highest BCUT2D eigenvalue weighted by Crippen LogP contribution is 2.45. The highest BCUT2D eigenvalue weighted by Gasteiger charge is 2.43. The van der Waals surface area contributed by atoms with Crippen molar-refractivity contribution in [2.75, 3.05) is 5.32 Å². The maximum atomic E-state index is 12.4. The van der Waals surface area contributed by atoms with Crippen LogP contribution in [0.25, 0.3) is 11.0 Å². The van der Waals surface area contributed by atoms with Gasteiger partial charge in [0.25, 0.3) is 0 Å². The molecule has 5 heterocycles. The average molecular weight is 515 g/mol. The van der Waals surface area contributed by atoms with E-state index < -0.39 is 0 Å². The number of anilines is 2. The lowest BCUT2D eigenvalue weighted by atomic mass is 9.85. The molecular formula is C28H27ClN6O2. The second-order valence-corrected chi connectivity index (χ2v) is 9.98. The van der Waals surface area contributed by atoms with Gasteiger partial charge in [-0.15, -0.1) is 0 Å². The number of hydrogen-bond acceptors (Lipinski definition) is 6. The number of carbonyl (C=O) groups is 1. The predicted molar refractivity (Wildman–Crippen MR) is 143 cm³/mol. The number of pyridine rings is 1. The Balaban J connectivity index is 1.23. The summed E-state index contributed by atoms with van der Waals surface area (Å²) in [6.45, 7) is 4.03. The number of hydrogen-bond donors (Lipinski definition) is 2. The van der Waals surface area contributed by atoms with Gasteiger partial charge in [-0.2, -0.15) is 0 Å². The van der Waals surface area contributed by atoms with Gasteiger partial charge in [0.15, 0.2) is 0 Å². The number of rotatable bonds is 7. The Labute approximate surface area is 219 Å². The lowest BCUT2D eigenvalue weighted by Crippen LogP contribution is -2.45. The van der Waals surface area contributed by atoms with Gasteiger partial charge in [0.2, 0.25) is 5.91 Å². The second kappa shape index (κ2) is 9.86. The van der Waals surface area contributed by atoms with Gasteiger partial charge < -0.3 is 19.9 Å². The van der Waals surface area contributed by atoms with Crippen LogP contribution in [0.5, 0.6) is 5.75 Å². The van der Waals surface area contributed by atoms with E-state index in [-0.39, 0.29) is 18.0 Å². The molecule has 0 aliphatic carbocycles. The Morgan fingerprint density at radius 1 is 1.19 bits per heavy atom. The van der Waals surface area contributed by atoms with Crippen LogP contribution in [0, 0.1) is 0 Å². The fraction of sp³-hybridized carbons (Fsp3) is 0.286. The molecule has 2 fully saturated rings. The number of piperidine rings is 1. The number of ether oxygens (including phenoxy) is 1. The number of fused-ring (bicyclic) bond motifs is 3. The minimum atomic E-state index is 0.0416. The van der Waals surface area contributed by atoms with Gasteiger partial charge in [0.1, 0.15) is 30.1 Å². The van der Waals surface area contributed by atoms with Crippen molar-refractivity contribution < 1.29 is 9.53 Å². The topological polar surface area (TPSA) is 96.0 Å². The molecular weight excluding hydrogens is 488 g/mol. The smallest absolute Gasteiger partial charge is 0.246 e. The van der Waals surface area contributed by atoms with Gasteiger partial charge in [0, 0.05) is 30.2 Å². The summed E-state index contributed by atoms with van der Waals surface area (Å²) >= 11 is 6.54. The van der Waals surface area contributed by atoms with E-state index in [2.05, 4.69) is 31.8 Å². The summed E-state index contributed by atoms with van der Waals surface area (Å²) in [7, 11) is 0. The number of nitrogens with zero attached hydrogens (tertiary/aromatic N) is 4. The van der Waals surface area contributed by atoms with E-state index in [9.17, 15) is 4.79 Å². The quantitative estimate of drug-likeness (QED) is 0.305. The van der Waals surface area contributed by atoms with Crippen LogP contribution < -0.4 is 10.1 Å². The molecule has 0 spiro atoms. The molecule has 6 rings (SSSR count). The van der Waals surface area contributed by atoms with E-state index in [1.54, 1.807) is 12.5 Å². The molecule has 2 aliphatic heterocycles. The maximum absolute atomic E-state index is 12.4. The highest BCUT2D eigenvalue weighted by molar-refractivity contribution is 6.32. The zero-order valence-corrected chi connectivity index (χ0v) is 21.0. The fourth-order valence-electron chi connectivity index (χ4n) is 5.77. The van der Waals surface area contributed by atoms with Crippen LogP contribution >= 0.6 is 11.6 Å². The second-order valence-electron chi connectivity index (χ2n) is 9.57. The number of aromatic amines is 1. The fourth-order valence-corrected chi connectivity index (χ4v) is 6.00. The lowest BCUT2D eigenvalue weighted by Gasteiger charge is -2.38. The van der Waals surface area contributed by atoms with Crippen molar-refractivity contribution in [3.8, 4) is 5.75 Å². The number of halogens is 1. The third-order valence-electron chi connectivity index (χ3n) is 7.40. The third kappa shape index (κ3) is 4.53. The summed E-state index contributed by atoms with van der Waals surface area (Å²) in [5, 5.41) is 4.90. The first-order chi connectivity index (χ1) is 18.1. The van der Waals surface area contributed by atoms with Gasteiger partial charge in [0.05, 0.1) is 16.1 Å². The molecule has 4 aromatic rings. The summed E-state index contributed by atoms with van der Waals surface area (Å²) in [5.41, 5.74) is 3.60. The molecule has 2 bridgehead atoms. The van der Waals surface area contributed by atoms with E-state index in [1.807, 2.05) is 47.5 Å². The minimum Gasteiger partial charge on any atom is -0.486 e. The number of H-pyrrole nitrogens is 1. The molecule has 9 heteroatoms. The van der Waals surface area contributed by atoms with Crippen molar-refractivity contribution >= 4 is 40.0 Å². The third-order valence-corrected chi connectivity index (χ3v) is 7.69. The van der Waals surface area contributed by atoms with Crippen LogP contribution in [0.2, 0.25) is 5.02 Å². The number of carbonyl (C=O) groups excluding carboxylic acids is 1. The van der Waals surface area contributed by atoms with Crippen molar-refractivity contribution in [3.05, 3.63) is 84.1 Å². The molecule has 188 valence electrons. The van der Waals surface area contributed by atoms with Crippen molar-refractivity contribution in [1.29, 1.82) is 0 Å². The Hall–Kier alpha value is -3.91. The molecule has 2 atom stereocenters. The first-order valence-corrected chi connectivity index (χ1v) is 12.8. The normalized spacial score (nSPS) is 20.7. The van der Waals surface area contributed by atoms with Crippen molar-refractivity contribution in [3.63, 3.8) is 0 Å². The SMILES string of the molecule is C=CC(=O)N1C2CCC1CC(c1c[nH]c3ncnc(Nc4ccc(OCc5ccccn5)c(Cl)c4)c13)C2. The molecule has 1 amide bonds. The molecule has 0 radical (unpaired) electrons. The first-order valence-electron chi connectivity index (χ1n) is 12.5. The minimum absolute atomic E-state index is 0.0416. The van der Waals surface area contributed by atoms with Gasteiger partial charge >= 0.3 is 0 Å². The summed E-state index contributed by atoms with van der Waals surface area (Å²) in [6.07, 6.45) is 10.7. The van der Waals surface area contributed by atoms with Crippen molar-refractivity contribution in [2.45, 2.75) is 50.3 Å². The van der Waals surface area contributed by atoms with Gasteiger partial charge in [-0.25, -0.2) is 9.97 Å². The Bertz CT molecular complexity index is 1440. The monoisotopic (exact) mass is 514 g/mol. The number of nitrogens with one attached hydrogen (secondary N) is 2. The Morgan fingerprint density at radius 3 is 2.76 bits per heavy atom. The summed E-state index contributed by atoms with van der Waals surface area (Å²) in [6, 6.07) is 11.8. The molecule has 2 saturated heterocycles. The van der Waals surface area contributed by atoms with E-state index >= 15 is 0 Å². The van der Waals surface area contributed by atoms with Gasteiger partial charge in [-0.1, -0.05) is 24.2 Å². The van der Waals surface area contributed by atoms with Crippen molar-refractivity contribution in [2.24, 2.45) is 0 Å². The van der Waals surface area contributed by atoms with Crippen molar-refractivity contribution in [1.82, 2.24) is 24.8 Å². The lowest BCUT2D eigenvalue weighted by molar-refractivity contribution is -0.130. The van der Waals surface area contributed by atoms with Crippen LogP contribution in [0.1, 0.15) is 42.9 Å². The molecule has 2 N–H and O–H groups in total. The molecule has 0 saturated carbocycles. The summed E-state index contributed by atoms with van der Waals surface area (Å²) in [5.74, 6) is 1.67. The summed E-state index contributed by atoms with van der Waals surface area (Å²) in [4.78, 5) is 31.1. The number of amides is 1.